The minimum Gasteiger partial charge on any atom is -0.381 e. The SMILES string of the molecule is CCc1ccc2nc(CC3CCOCC3)[nH]c(=O)c2c1. The summed E-state index contributed by atoms with van der Waals surface area (Å²) in [5, 5.41) is 0.695. The van der Waals surface area contributed by atoms with E-state index in [-0.39, 0.29) is 5.56 Å². The van der Waals surface area contributed by atoms with Gasteiger partial charge in [0.05, 0.1) is 10.9 Å². The number of aromatic nitrogens is 2. The van der Waals surface area contributed by atoms with Gasteiger partial charge in [0, 0.05) is 19.6 Å². The first-order valence-corrected chi connectivity index (χ1v) is 7.36. The zero-order chi connectivity index (χ0) is 13.9. The van der Waals surface area contributed by atoms with Crippen LogP contribution in [-0.4, -0.2) is 23.2 Å². The molecule has 0 aliphatic carbocycles. The van der Waals surface area contributed by atoms with Gasteiger partial charge >= 0.3 is 0 Å². The number of rotatable bonds is 3. The van der Waals surface area contributed by atoms with Gasteiger partial charge in [0.25, 0.3) is 5.56 Å². The van der Waals surface area contributed by atoms with Crippen molar-refractivity contribution in [1.82, 2.24) is 9.97 Å². The number of fused-ring (bicyclic) bond motifs is 1. The standard InChI is InChI=1S/C16H20N2O2/c1-2-11-3-4-14-13(9-11)16(19)18-15(17-14)10-12-5-7-20-8-6-12/h3-4,9,12H,2,5-8,10H2,1H3,(H,17,18,19). The Morgan fingerprint density at radius 1 is 1.35 bits per heavy atom. The molecule has 1 aromatic heterocycles. The van der Waals surface area contributed by atoms with Gasteiger partial charge in [0.15, 0.2) is 0 Å². The van der Waals surface area contributed by atoms with E-state index in [0.717, 1.165) is 50.2 Å². The quantitative estimate of drug-likeness (QED) is 0.933. The van der Waals surface area contributed by atoms with Crippen LogP contribution in [0.1, 0.15) is 31.2 Å². The average Bonchev–Trinajstić information content (AvgIpc) is 2.48. The monoisotopic (exact) mass is 272 g/mol. The van der Waals surface area contributed by atoms with Crippen LogP contribution >= 0.6 is 0 Å². The number of hydrogen-bond donors (Lipinski definition) is 1. The van der Waals surface area contributed by atoms with Crippen molar-refractivity contribution in [3.63, 3.8) is 0 Å². The Morgan fingerprint density at radius 2 is 2.15 bits per heavy atom. The molecule has 2 heterocycles. The highest BCUT2D eigenvalue weighted by Crippen LogP contribution is 2.19. The van der Waals surface area contributed by atoms with Gasteiger partial charge in [-0.2, -0.15) is 0 Å². The molecule has 0 unspecified atom stereocenters. The fraction of sp³-hybridized carbons (Fsp3) is 0.500. The number of nitrogens with one attached hydrogen (secondary N) is 1. The Labute approximate surface area is 118 Å². The van der Waals surface area contributed by atoms with Crippen LogP contribution < -0.4 is 5.56 Å². The van der Waals surface area contributed by atoms with Gasteiger partial charge in [-0.15, -0.1) is 0 Å². The van der Waals surface area contributed by atoms with Gasteiger partial charge in [0.2, 0.25) is 0 Å². The van der Waals surface area contributed by atoms with Crippen LogP contribution in [0.2, 0.25) is 0 Å². The van der Waals surface area contributed by atoms with Crippen molar-refractivity contribution in [2.75, 3.05) is 13.2 Å². The van der Waals surface area contributed by atoms with Crippen LogP contribution in [0.15, 0.2) is 23.0 Å². The summed E-state index contributed by atoms with van der Waals surface area (Å²) >= 11 is 0. The smallest absolute Gasteiger partial charge is 0.258 e. The van der Waals surface area contributed by atoms with Crippen molar-refractivity contribution in [3.8, 4) is 0 Å². The molecule has 0 radical (unpaired) electrons. The number of aryl methyl sites for hydroxylation is 1. The molecule has 0 saturated carbocycles. The van der Waals surface area contributed by atoms with E-state index in [4.69, 9.17) is 4.74 Å². The molecule has 3 rings (SSSR count). The van der Waals surface area contributed by atoms with Crippen molar-refractivity contribution in [1.29, 1.82) is 0 Å². The number of benzene rings is 1. The summed E-state index contributed by atoms with van der Waals surface area (Å²) < 4.78 is 5.36. The first-order valence-electron chi connectivity index (χ1n) is 7.36. The third-order valence-corrected chi connectivity index (χ3v) is 4.05. The van der Waals surface area contributed by atoms with Gasteiger partial charge < -0.3 is 9.72 Å². The van der Waals surface area contributed by atoms with Gasteiger partial charge in [-0.05, 0) is 42.9 Å². The lowest BCUT2D eigenvalue weighted by molar-refractivity contribution is 0.0660. The minimum absolute atomic E-state index is 0.0210. The number of hydrogen-bond acceptors (Lipinski definition) is 3. The molecule has 1 fully saturated rings. The molecule has 1 aromatic carbocycles. The first kappa shape index (κ1) is 13.3. The second-order valence-corrected chi connectivity index (χ2v) is 5.48. The van der Waals surface area contributed by atoms with Crippen molar-refractivity contribution in [2.45, 2.75) is 32.6 Å². The Hall–Kier alpha value is -1.68. The Morgan fingerprint density at radius 3 is 2.90 bits per heavy atom. The van der Waals surface area contributed by atoms with Crippen molar-refractivity contribution in [2.24, 2.45) is 5.92 Å². The van der Waals surface area contributed by atoms with Crippen molar-refractivity contribution >= 4 is 10.9 Å². The van der Waals surface area contributed by atoms with Crippen LogP contribution in [0.25, 0.3) is 10.9 Å². The topological polar surface area (TPSA) is 55.0 Å². The molecule has 1 aliphatic heterocycles. The first-order chi connectivity index (χ1) is 9.76. The van der Waals surface area contributed by atoms with Gasteiger partial charge in [0.1, 0.15) is 5.82 Å². The van der Waals surface area contributed by atoms with E-state index in [2.05, 4.69) is 16.9 Å². The Bertz CT molecular complexity index is 657. The van der Waals surface area contributed by atoms with Crippen LogP contribution in [0.3, 0.4) is 0 Å². The molecule has 1 N–H and O–H groups in total. The Kier molecular flexibility index (Phi) is 3.83. The maximum absolute atomic E-state index is 12.2. The number of aromatic amines is 1. The summed E-state index contributed by atoms with van der Waals surface area (Å²) in [5.74, 6) is 1.37. The van der Waals surface area contributed by atoms with Crippen LogP contribution in [-0.2, 0) is 17.6 Å². The predicted octanol–water partition coefficient (Wildman–Crippen LogP) is 2.45. The fourth-order valence-electron chi connectivity index (χ4n) is 2.77. The van der Waals surface area contributed by atoms with E-state index in [9.17, 15) is 4.79 Å². The number of H-pyrrole nitrogens is 1. The summed E-state index contributed by atoms with van der Waals surface area (Å²) in [6, 6.07) is 5.95. The molecule has 0 bridgehead atoms. The molecule has 4 nitrogen and oxygen atoms in total. The zero-order valence-electron chi connectivity index (χ0n) is 11.8. The second kappa shape index (κ2) is 5.75. The fourth-order valence-corrected chi connectivity index (χ4v) is 2.77. The summed E-state index contributed by atoms with van der Waals surface area (Å²) in [5.41, 5.74) is 1.95. The lowest BCUT2D eigenvalue weighted by atomic mass is 9.96. The van der Waals surface area contributed by atoms with E-state index in [1.807, 2.05) is 18.2 Å². The number of nitrogens with zero attached hydrogens (tertiary/aromatic N) is 1. The third kappa shape index (κ3) is 2.75. The predicted molar refractivity (Wildman–Crippen MR) is 79.0 cm³/mol. The third-order valence-electron chi connectivity index (χ3n) is 4.05. The van der Waals surface area contributed by atoms with E-state index in [1.165, 1.54) is 5.56 Å². The molecular formula is C16H20N2O2. The largest absolute Gasteiger partial charge is 0.381 e. The molecule has 1 aliphatic rings. The van der Waals surface area contributed by atoms with Gasteiger partial charge in [-0.25, -0.2) is 4.98 Å². The summed E-state index contributed by atoms with van der Waals surface area (Å²) in [6.07, 6.45) is 3.87. The maximum atomic E-state index is 12.2. The molecule has 0 spiro atoms. The van der Waals surface area contributed by atoms with Crippen LogP contribution in [0.5, 0.6) is 0 Å². The zero-order valence-corrected chi connectivity index (χ0v) is 11.8. The van der Waals surface area contributed by atoms with E-state index in [0.29, 0.717) is 11.3 Å². The maximum Gasteiger partial charge on any atom is 0.258 e. The van der Waals surface area contributed by atoms with Crippen molar-refractivity contribution < 1.29 is 4.74 Å². The van der Waals surface area contributed by atoms with Gasteiger partial charge in [-0.1, -0.05) is 13.0 Å². The molecule has 20 heavy (non-hydrogen) atoms. The van der Waals surface area contributed by atoms with E-state index >= 15 is 0 Å². The molecule has 0 amide bonds. The summed E-state index contributed by atoms with van der Waals surface area (Å²) in [6.45, 7) is 3.73. The van der Waals surface area contributed by atoms with Crippen molar-refractivity contribution in [3.05, 3.63) is 39.9 Å². The van der Waals surface area contributed by atoms with E-state index < -0.39 is 0 Å². The lowest BCUT2D eigenvalue weighted by Gasteiger charge is -2.21. The molecule has 106 valence electrons. The molecule has 0 atom stereocenters. The summed E-state index contributed by atoms with van der Waals surface area (Å²) in [4.78, 5) is 19.7. The molecular weight excluding hydrogens is 252 g/mol. The Balaban J connectivity index is 1.91. The minimum atomic E-state index is -0.0210. The second-order valence-electron chi connectivity index (χ2n) is 5.48. The van der Waals surface area contributed by atoms with E-state index in [1.54, 1.807) is 0 Å². The number of ether oxygens (including phenoxy) is 1. The average molecular weight is 272 g/mol. The molecule has 4 heteroatoms. The lowest BCUT2D eigenvalue weighted by Crippen LogP contribution is -2.20. The normalized spacial score (nSPS) is 16.6. The highest BCUT2D eigenvalue weighted by Gasteiger charge is 2.16. The van der Waals surface area contributed by atoms with Crippen LogP contribution in [0.4, 0.5) is 0 Å². The molecule has 1 saturated heterocycles. The molecule has 2 aromatic rings. The van der Waals surface area contributed by atoms with Gasteiger partial charge in [-0.3, -0.25) is 4.79 Å². The highest BCUT2D eigenvalue weighted by molar-refractivity contribution is 5.78. The summed E-state index contributed by atoms with van der Waals surface area (Å²) in [7, 11) is 0. The van der Waals surface area contributed by atoms with Crippen LogP contribution in [0, 0.1) is 5.92 Å². The highest BCUT2D eigenvalue weighted by atomic mass is 16.5.